The lowest BCUT2D eigenvalue weighted by Crippen LogP contribution is -2.28. The monoisotopic (exact) mass is 629 g/mol. The molecule has 0 aliphatic heterocycles. The first kappa shape index (κ1) is 29.2. The molecule has 3 aliphatic rings. The number of rotatable bonds is 6. The molecule has 0 bridgehead atoms. The van der Waals surface area contributed by atoms with Crippen molar-refractivity contribution in [1.29, 1.82) is 0 Å². The van der Waals surface area contributed by atoms with Crippen LogP contribution in [0.2, 0.25) is 0 Å². The highest BCUT2D eigenvalue weighted by atomic mass is 15.0. The zero-order valence-electron chi connectivity index (χ0n) is 27.3. The van der Waals surface area contributed by atoms with Crippen LogP contribution < -0.4 is 0 Å². The van der Waals surface area contributed by atoms with Gasteiger partial charge in [0.25, 0.3) is 0 Å². The highest BCUT2D eigenvalue weighted by molar-refractivity contribution is 5.94. The third-order valence-corrected chi connectivity index (χ3v) is 10.2. The van der Waals surface area contributed by atoms with E-state index in [0.29, 0.717) is 11.6 Å². The Morgan fingerprint density at radius 3 is 1.76 bits per heavy atom. The molecule has 0 spiro atoms. The van der Waals surface area contributed by atoms with Crippen molar-refractivity contribution >= 4 is 5.57 Å². The molecule has 0 amide bonds. The molecule has 0 saturated carbocycles. The predicted molar refractivity (Wildman–Crippen MR) is 200 cm³/mol. The molecule has 0 fully saturated rings. The van der Waals surface area contributed by atoms with Crippen molar-refractivity contribution in [3.63, 3.8) is 0 Å². The Balaban J connectivity index is 1.27. The van der Waals surface area contributed by atoms with Gasteiger partial charge in [-0.25, -0.2) is 15.0 Å². The van der Waals surface area contributed by atoms with Crippen LogP contribution in [0.4, 0.5) is 0 Å². The van der Waals surface area contributed by atoms with Gasteiger partial charge in [0, 0.05) is 11.1 Å². The molecule has 0 atom stereocenters. The number of aromatic nitrogens is 3. The zero-order valence-corrected chi connectivity index (χ0v) is 27.3. The van der Waals surface area contributed by atoms with Crippen LogP contribution in [0.5, 0.6) is 0 Å². The summed E-state index contributed by atoms with van der Waals surface area (Å²) in [7, 11) is 0. The van der Waals surface area contributed by atoms with Gasteiger partial charge in [-0.05, 0) is 75.8 Å². The number of fused-ring (bicyclic) bond motifs is 3. The Bertz CT molecular complexity index is 2270. The third-order valence-electron chi connectivity index (χ3n) is 10.2. The number of benzene rings is 5. The summed E-state index contributed by atoms with van der Waals surface area (Å²) in [5, 5.41) is 0. The van der Waals surface area contributed by atoms with Gasteiger partial charge in [-0.2, -0.15) is 0 Å². The quantitative estimate of drug-likeness (QED) is 0.184. The molecule has 3 heteroatoms. The molecule has 0 unspecified atom stereocenters. The highest BCUT2D eigenvalue weighted by Gasteiger charge is 2.47. The van der Waals surface area contributed by atoms with Gasteiger partial charge in [-0.15, -0.1) is 0 Å². The van der Waals surface area contributed by atoms with E-state index in [9.17, 15) is 0 Å². The van der Waals surface area contributed by atoms with Crippen LogP contribution in [0.1, 0.15) is 53.8 Å². The van der Waals surface area contributed by atoms with E-state index in [1.807, 2.05) is 18.2 Å². The van der Waals surface area contributed by atoms with E-state index in [2.05, 4.69) is 146 Å². The molecule has 9 rings (SSSR count). The van der Waals surface area contributed by atoms with Gasteiger partial charge in [0.2, 0.25) is 0 Å². The van der Waals surface area contributed by atoms with E-state index in [0.717, 1.165) is 48.2 Å². The topological polar surface area (TPSA) is 38.7 Å². The fourth-order valence-corrected chi connectivity index (χ4v) is 7.95. The minimum Gasteiger partial charge on any atom is -0.209 e. The molecule has 0 saturated heterocycles. The van der Waals surface area contributed by atoms with E-state index in [-0.39, 0.29) is 0 Å². The summed E-state index contributed by atoms with van der Waals surface area (Å²) < 4.78 is 0. The third kappa shape index (κ3) is 4.93. The van der Waals surface area contributed by atoms with Gasteiger partial charge >= 0.3 is 0 Å². The Morgan fingerprint density at radius 1 is 0.469 bits per heavy atom. The van der Waals surface area contributed by atoms with E-state index >= 15 is 0 Å². The first-order valence-corrected chi connectivity index (χ1v) is 17.2. The summed E-state index contributed by atoms with van der Waals surface area (Å²) in [6.45, 7) is 0. The first-order chi connectivity index (χ1) is 24.3. The van der Waals surface area contributed by atoms with Crippen LogP contribution in [0, 0.1) is 0 Å². The number of nitrogens with zero attached hydrogens (tertiary/aromatic N) is 3. The van der Waals surface area contributed by atoms with Gasteiger partial charge < -0.3 is 0 Å². The standard InChI is InChI=1S/C46H35N3/c1-5-16-32(17-6-1)33-28-30-35(31-29-33)44-47-43(34-18-7-2-8-19-34)48-45(49-44)39-25-15-27-41-42(39)38-24-13-14-26-40(38)46(41,36-20-9-3-10-21-36)37-22-11-4-12-23-37/h2-5,7-28,30H,1,6,29,31H2. The Hall–Kier alpha value is -5.93. The van der Waals surface area contributed by atoms with E-state index < -0.39 is 5.41 Å². The van der Waals surface area contributed by atoms with Gasteiger partial charge in [0.1, 0.15) is 0 Å². The lowest BCUT2D eigenvalue weighted by atomic mass is 9.67. The maximum absolute atomic E-state index is 5.29. The second kappa shape index (κ2) is 12.3. The minimum atomic E-state index is -0.488. The molecular formula is C46H35N3. The maximum atomic E-state index is 5.29. The summed E-state index contributed by atoms with van der Waals surface area (Å²) in [4.78, 5) is 15.6. The SMILES string of the molecule is C1=CC(C2=CC=C(c3nc(-c4ccccc4)nc(-c4cccc5c4-c4ccccc4C5(c4ccccc4)c4ccccc4)n3)CC2)=CCC1. The fraction of sp³-hybridized carbons (Fsp3) is 0.109. The van der Waals surface area contributed by atoms with Crippen molar-refractivity contribution in [2.24, 2.45) is 0 Å². The van der Waals surface area contributed by atoms with Gasteiger partial charge in [-0.3, -0.25) is 0 Å². The Labute approximate surface area is 287 Å². The molecule has 3 aliphatic carbocycles. The summed E-state index contributed by atoms with van der Waals surface area (Å²) >= 11 is 0. The Morgan fingerprint density at radius 2 is 1.06 bits per heavy atom. The Kier molecular flexibility index (Phi) is 7.31. The highest BCUT2D eigenvalue weighted by Crippen LogP contribution is 2.58. The molecule has 6 aromatic rings. The van der Waals surface area contributed by atoms with Crippen LogP contribution in [0.15, 0.2) is 175 Å². The minimum absolute atomic E-state index is 0.488. The van der Waals surface area contributed by atoms with Crippen LogP contribution in [-0.2, 0) is 5.41 Å². The molecule has 1 heterocycles. The second-order valence-electron chi connectivity index (χ2n) is 13.0. The number of hydrogen-bond donors (Lipinski definition) is 0. The van der Waals surface area contributed by atoms with Gasteiger partial charge in [0.05, 0.1) is 5.41 Å². The van der Waals surface area contributed by atoms with E-state index in [1.165, 1.54) is 44.5 Å². The maximum Gasteiger partial charge on any atom is 0.164 e. The van der Waals surface area contributed by atoms with Crippen molar-refractivity contribution in [3.05, 3.63) is 203 Å². The van der Waals surface area contributed by atoms with Crippen LogP contribution >= 0.6 is 0 Å². The predicted octanol–water partition coefficient (Wildman–Crippen LogP) is 10.9. The molecule has 1 aromatic heterocycles. The molecule has 3 nitrogen and oxygen atoms in total. The number of hydrogen-bond acceptors (Lipinski definition) is 3. The molecule has 49 heavy (non-hydrogen) atoms. The van der Waals surface area contributed by atoms with E-state index in [1.54, 1.807) is 0 Å². The van der Waals surface area contributed by atoms with Crippen molar-refractivity contribution in [3.8, 4) is 33.9 Å². The second-order valence-corrected chi connectivity index (χ2v) is 13.0. The van der Waals surface area contributed by atoms with Gasteiger partial charge in [-0.1, -0.05) is 164 Å². The lowest BCUT2D eigenvalue weighted by Gasteiger charge is -2.33. The van der Waals surface area contributed by atoms with Crippen molar-refractivity contribution < 1.29 is 0 Å². The van der Waals surface area contributed by atoms with E-state index in [4.69, 9.17) is 15.0 Å². The average Bonchev–Trinajstić information content (AvgIpc) is 3.50. The molecular weight excluding hydrogens is 595 g/mol. The van der Waals surface area contributed by atoms with Crippen molar-refractivity contribution in [2.75, 3.05) is 0 Å². The van der Waals surface area contributed by atoms with Crippen molar-refractivity contribution in [2.45, 2.75) is 31.1 Å². The van der Waals surface area contributed by atoms with Gasteiger partial charge in [0.15, 0.2) is 17.5 Å². The van der Waals surface area contributed by atoms with Crippen LogP contribution in [0.25, 0.3) is 39.5 Å². The summed E-state index contributed by atoms with van der Waals surface area (Å²) in [6.07, 6.45) is 15.5. The first-order valence-electron chi connectivity index (χ1n) is 17.2. The molecule has 234 valence electrons. The normalized spacial score (nSPS) is 15.9. The molecule has 5 aromatic carbocycles. The van der Waals surface area contributed by atoms with Crippen LogP contribution in [-0.4, -0.2) is 15.0 Å². The zero-order chi connectivity index (χ0) is 32.6. The fourth-order valence-electron chi connectivity index (χ4n) is 7.95. The summed E-state index contributed by atoms with van der Waals surface area (Å²) in [5.41, 5.74) is 12.8. The molecule has 0 radical (unpaired) electrons. The van der Waals surface area contributed by atoms with Crippen molar-refractivity contribution in [1.82, 2.24) is 15.0 Å². The number of allylic oxidation sites excluding steroid dienone is 8. The largest absolute Gasteiger partial charge is 0.209 e. The lowest BCUT2D eigenvalue weighted by molar-refractivity contribution is 0.768. The average molecular weight is 630 g/mol. The molecule has 0 N–H and O–H groups in total. The smallest absolute Gasteiger partial charge is 0.164 e. The van der Waals surface area contributed by atoms with Crippen LogP contribution in [0.3, 0.4) is 0 Å². The summed E-state index contributed by atoms with van der Waals surface area (Å²) in [5.74, 6) is 2.13. The summed E-state index contributed by atoms with van der Waals surface area (Å²) in [6, 6.07) is 47.6.